The molecule has 0 radical (unpaired) electrons. The molecule has 2 aliphatic carbocycles. The molecule has 0 aromatic heterocycles. The number of halogens is 3. The fourth-order valence-electron chi connectivity index (χ4n) is 0.922. The molecule has 0 bridgehead atoms. The van der Waals surface area contributed by atoms with Crippen LogP contribution >= 0.6 is 0 Å². The van der Waals surface area contributed by atoms with Gasteiger partial charge in [-0.25, -0.2) is 0 Å². The lowest BCUT2D eigenvalue weighted by Crippen LogP contribution is -2.01. The Morgan fingerprint density at radius 2 is 1.54 bits per heavy atom. The van der Waals surface area contributed by atoms with Gasteiger partial charge in [0.1, 0.15) is 0 Å². The molecule has 0 aliphatic heterocycles. The molecule has 0 atom stereocenters. The van der Waals surface area contributed by atoms with Crippen molar-refractivity contribution in [3.63, 3.8) is 0 Å². The SMILES string of the molecule is CC#N.FC(F)(F)c1cc2cc-2c1. The molecule has 0 saturated heterocycles. The quantitative estimate of drug-likeness (QED) is 0.618. The lowest BCUT2D eigenvalue weighted by atomic mass is 10.3. The largest absolute Gasteiger partial charge is 0.416 e. The normalized spacial score (nSPS) is 11.0. The van der Waals surface area contributed by atoms with Gasteiger partial charge in [0.05, 0.1) is 11.6 Å². The highest BCUT2D eigenvalue weighted by Crippen LogP contribution is 2.42. The third-order valence-corrected chi connectivity index (χ3v) is 1.51. The summed E-state index contributed by atoms with van der Waals surface area (Å²) in [6.45, 7) is 1.43. The van der Waals surface area contributed by atoms with Crippen LogP contribution in [0.25, 0.3) is 11.1 Å². The fourth-order valence-corrected chi connectivity index (χ4v) is 0.922. The van der Waals surface area contributed by atoms with Crippen LogP contribution in [0.3, 0.4) is 0 Å². The molecule has 1 nitrogen and oxygen atoms in total. The van der Waals surface area contributed by atoms with Gasteiger partial charge < -0.3 is 0 Å². The fraction of sp³-hybridized carbons (Fsp3) is 0.222. The summed E-state index contributed by atoms with van der Waals surface area (Å²) in [7, 11) is 0. The second-order valence-corrected chi connectivity index (χ2v) is 2.52. The van der Waals surface area contributed by atoms with Crippen molar-refractivity contribution in [1.82, 2.24) is 0 Å². The lowest BCUT2D eigenvalue weighted by Gasteiger charge is -2.00. The van der Waals surface area contributed by atoms with E-state index < -0.39 is 11.7 Å². The molecule has 0 fully saturated rings. The third-order valence-electron chi connectivity index (χ3n) is 1.51. The van der Waals surface area contributed by atoms with Crippen molar-refractivity contribution in [2.45, 2.75) is 13.1 Å². The summed E-state index contributed by atoms with van der Waals surface area (Å²) >= 11 is 0. The number of fused-ring (bicyclic) bond motifs is 1. The summed E-state index contributed by atoms with van der Waals surface area (Å²) < 4.78 is 35.4. The first kappa shape index (κ1) is 9.59. The number of rotatable bonds is 0. The van der Waals surface area contributed by atoms with Crippen molar-refractivity contribution >= 4 is 0 Å². The predicted molar refractivity (Wildman–Crippen MR) is 41.7 cm³/mol. The first-order valence-corrected chi connectivity index (χ1v) is 3.52. The van der Waals surface area contributed by atoms with Crippen LogP contribution < -0.4 is 0 Å². The first-order valence-electron chi connectivity index (χ1n) is 3.52. The number of hydrogen-bond donors (Lipinski definition) is 0. The Kier molecular flexibility index (Phi) is 2.28. The van der Waals surface area contributed by atoms with Crippen LogP contribution in [0, 0.1) is 11.3 Å². The van der Waals surface area contributed by atoms with E-state index in [-0.39, 0.29) is 0 Å². The molecule has 4 heteroatoms. The van der Waals surface area contributed by atoms with Crippen LogP contribution in [0.15, 0.2) is 18.2 Å². The summed E-state index contributed by atoms with van der Waals surface area (Å²) in [4.78, 5) is 0. The van der Waals surface area contributed by atoms with Gasteiger partial charge in [-0.15, -0.1) is 0 Å². The van der Waals surface area contributed by atoms with E-state index in [2.05, 4.69) is 0 Å². The van der Waals surface area contributed by atoms with E-state index in [9.17, 15) is 13.2 Å². The van der Waals surface area contributed by atoms with Crippen LogP contribution in [0.2, 0.25) is 0 Å². The molecule has 0 aromatic carbocycles. The predicted octanol–water partition coefficient (Wildman–Crippen LogP) is 3.22. The van der Waals surface area contributed by atoms with Gasteiger partial charge >= 0.3 is 6.18 Å². The standard InChI is InChI=1S/C7H3F3.C2H3N/c8-7(9,10)6-2-4-1-5(4)3-6;1-2-3/h1-3H;1H3. The Morgan fingerprint density at radius 3 is 1.77 bits per heavy atom. The highest BCUT2D eigenvalue weighted by Gasteiger charge is 2.34. The summed E-state index contributed by atoms with van der Waals surface area (Å²) in [5, 5.41) is 7.32. The molecule has 0 N–H and O–H groups in total. The highest BCUT2D eigenvalue weighted by molar-refractivity contribution is 5.82. The minimum Gasteiger partial charge on any atom is -0.199 e. The number of nitriles is 1. The van der Waals surface area contributed by atoms with Gasteiger partial charge in [0.15, 0.2) is 0 Å². The summed E-state index contributed by atoms with van der Waals surface area (Å²) in [5.41, 5.74) is 0.930. The molecule has 0 aromatic rings. The molecule has 0 amide bonds. The van der Waals surface area contributed by atoms with Crippen molar-refractivity contribution in [1.29, 1.82) is 5.26 Å². The Morgan fingerprint density at radius 1 is 1.15 bits per heavy atom. The molecular weight excluding hydrogens is 179 g/mol. The maximum absolute atomic E-state index is 11.8. The van der Waals surface area contributed by atoms with Crippen molar-refractivity contribution < 1.29 is 13.2 Å². The molecule has 13 heavy (non-hydrogen) atoms. The maximum Gasteiger partial charge on any atom is 0.416 e. The minimum absolute atomic E-state index is 0.528. The van der Waals surface area contributed by atoms with Crippen molar-refractivity contribution in [3.05, 3.63) is 23.8 Å². The summed E-state index contributed by atoms with van der Waals surface area (Å²) in [6.07, 6.45) is -4.17. The number of hydrogen-bond acceptors (Lipinski definition) is 1. The average molecular weight is 185 g/mol. The van der Waals surface area contributed by atoms with Crippen LogP contribution in [0.4, 0.5) is 13.2 Å². The molecule has 2 aliphatic rings. The second kappa shape index (κ2) is 3.09. The maximum atomic E-state index is 11.8. The molecule has 0 unspecified atom stereocenters. The van der Waals surface area contributed by atoms with E-state index in [1.54, 1.807) is 12.1 Å². The monoisotopic (exact) mass is 185 g/mol. The van der Waals surface area contributed by atoms with Gasteiger partial charge in [0, 0.05) is 6.92 Å². The van der Waals surface area contributed by atoms with Gasteiger partial charge in [-0.2, -0.15) is 18.4 Å². The second-order valence-electron chi connectivity index (χ2n) is 2.52. The Bertz CT molecular complexity index is 340. The van der Waals surface area contributed by atoms with Crippen LogP contribution in [0.1, 0.15) is 12.5 Å². The molecule has 0 heterocycles. The molecule has 0 spiro atoms. The zero-order chi connectivity index (χ0) is 10.1. The Hall–Kier alpha value is -1.50. The van der Waals surface area contributed by atoms with E-state index in [0.717, 1.165) is 23.3 Å². The molecule has 0 saturated carbocycles. The highest BCUT2D eigenvalue weighted by atomic mass is 19.4. The third kappa shape index (κ3) is 2.22. The van der Waals surface area contributed by atoms with E-state index in [4.69, 9.17) is 5.26 Å². The molecule has 68 valence electrons. The van der Waals surface area contributed by atoms with Crippen molar-refractivity contribution in [3.8, 4) is 17.2 Å². The molecular formula is C9H6F3N. The van der Waals surface area contributed by atoms with Crippen LogP contribution in [0.5, 0.6) is 0 Å². The van der Waals surface area contributed by atoms with Gasteiger partial charge in [0.2, 0.25) is 0 Å². The summed E-state index contributed by atoms with van der Waals surface area (Å²) in [6, 6.07) is 5.79. The van der Waals surface area contributed by atoms with Crippen LogP contribution in [-0.4, -0.2) is 0 Å². The van der Waals surface area contributed by atoms with Gasteiger partial charge in [-0.1, -0.05) is 0 Å². The summed E-state index contributed by atoms with van der Waals surface area (Å²) in [5.74, 6) is 0. The number of nitrogens with zero attached hydrogens (tertiary/aromatic N) is 1. The zero-order valence-electron chi connectivity index (χ0n) is 6.81. The lowest BCUT2D eigenvalue weighted by molar-refractivity contribution is -0.137. The van der Waals surface area contributed by atoms with E-state index >= 15 is 0 Å². The minimum atomic E-state index is -4.17. The Labute approximate surface area is 73.4 Å². The van der Waals surface area contributed by atoms with E-state index in [0.29, 0.717) is 0 Å². The van der Waals surface area contributed by atoms with E-state index in [1.807, 2.05) is 0 Å². The average Bonchev–Trinajstić information content (AvgIpc) is 2.58. The topological polar surface area (TPSA) is 23.8 Å². The smallest absolute Gasteiger partial charge is 0.199 e. The van der Waals surface area contributed by atoms with Gasteiger partial charge in [-0.3, -0.25) is 0 Å². The number of benzene rings is 1. The van der Waals surface area contributed by atoms with Gasteiger partial charge in [0.25, 0.3) is 0 Å². The van der Waals surface area contributed by atoms with Gasteiger partial charge in [-0.05, 0) is 29.3 Å². The van der Waals surface area contributed by atoms with Crippen molar-refractivity contribution in [2.75, 3.05) is 0 Å². The zero-order valence-corrected chi connectivity index (χ0v) is 6.81. The first-order chi connectivity index (χ1) is 5.99. The Balaban J connectivity index is 0.000000251. The number of alkyl halides is 3. The van der Waals surface area contributed by atoms with Crippen molar-refractivity contribution in [2.24, 2.45) is 0 Å². The van der Waals surface area contributed by atoms with E-state index in [1.165, 1.54) is 6.92 Å². The van der Waals surface area contributed by atoms with Crippen LogP contribution in [-0.2, 0) is 6.18 Å². The molecule has 2 rings (SSSR count).